The molecule has 0 spiro atoms. The number of hydrogen-bond donors (Lipinski definition) is 2. The second-order valence-electron chi connectivity index (χ2n) is 5.97. The van der Waals surface area contributed by atoms with Crippen LogP contribution < -0.4 is 10.6 Å². The smallest absolute Gasteiger partial charge is 0.230 e. The molecule has 0 unspecified atom stereocenters. The largest absolute Gasteiger partial charge is 0.376 e. The van der Waals surface area contributed by atoms with E-state index in [4.69, 9.17) is 4.74 Å². The summed E-state index contributed by atoms with van der Waals surface area (Å²) in [7, 11) is 0. The first-order chi connectivity index (χ1) is 12.1. The minimum Gasteiger partial charge on any atom is -0.376 e. The van der Waals surface area contributed by atoms with Crippen LogP contribution in [0.15, 0.2) is 22.5 Å². The van der Waals surface area contributed by atoms with Crippen molar-refractivity contribution in [2.24, 2.45) is 0 Å². The van der Waals surface area contributed by atoms with Crippen LogP contribution in [0.3, 0.4) is 0 Å². The van der Waals surface area contributed by atoms with Crippen molar-refractivity contribution < 1.29 is 9.53 Å². The van der Waals surface area contributed by atoms with Gasteiger partial charge in [0.1, 0.15) is 0 Å². The number of anilines is 2. The van der Waals surface area contributed by atoms with Gasteiger partial charge in [-0.05, 0) is 43.9 Å². The van der Waals surface area contributed by atoms with Gasteiger partial charge in [-0.1, -0.05) is 35.2 Å². The van der Waals surface area contributed by atoms with Crippen molar-refractivity contribution in [3.05, 3.63) is 29.3 Å². The van der Waals surface area contributed by atoms with E-state index in [-0.39, 0.29) is 12.0 Å². The van der Waals surface area contributed by atoms with Gasteiger partial charge in [0.05, 0.1) is 11.9 Å². The second kappa shape index (κ2) is 8.64. The molecule has 0 bridgehead atoms. The van der Waals surface area contributed by atoms with Gasteiger partial charge in [0, 0.05) is 18.8 Å². The molecule has 2 aromatic rings. The summed E-state index contributed by atoms with van der Waals surface area (Å²) >= 11 is 2.85. The van der Waals surface area contributed by atoms with Crippen LogP contribution in [0.2, 0.25) is 0 Å². The Morgan fingerprint density at radius 2 is 2.28 bits per heavy atom. The maximum atomic E-state index is 11.9. The van der Waals surface area contributed by atoms with Gasteiger partial charge in [-0.15, -0.1) is 10.2 Å². The lowest BCUT2D eigenvalue weighted by Crippen LogP contribution is -2.32. The Kier molecular flexibility index (Phi) is 6.28. The van der Waals surface area contributed by atoms with E-state index in [2.05, 4.69) is 40.7 Å². The molecule has 25 heavy (non-hydrogen) atoms. The van der Waals surface area contributed by atoms with Gasteiger partial charge in [-0.2, -0.15) is 0 Å². The Balaban J connectivity index is 1.46. The quantitative estimate of drug-likeness (QED) is 0.720. The molecule has 1 aromatic heterocycles. The van der Waals surface area contributed by atoms with E-state index in [1.54, 1.807) is 0 Å². The molecule has 1 amide bonds. The Bertz CT molecular complexity index is 729. The van der Waals surface area contributed by atoms with Crippen LogP contribution in [0.25, 0.3) is 0 Å². The van der Waals surface area contributed by atoms with Gasteiger partial charge in [0.15, 0.2) is 4.34 Å². The molecule has 0 aliphatic carbocycles. The number of rotatable bonds is 7. The zero-order chi connectivity index (χ0) is 17.6. The van der Waals surface area contributed by atoms with Crippen molar-refractivity contribution in [1.82, 2.24) is 15.5 Å². The number of amides is 1. The van der Waals surface area contributed by atoms with E-state index in [0.717, 1.165) is 34.6 Å². The maximum Gasteiger partial charge on any atom is 0.230 e. The minimum absolute atomic E-state index is 0.000243. The predicted molar refractivity (Wildman–Crippen MR) is 102 cm³/mol. The van der Waals surface area contributed by atoms with Crippen molar-refractivity contribution in [3.63, 3.8) is 0 Å². The summed E-state index contributed by atoms with van der Waals surface area (Å²) in [6.45, 7) is 5.55. The summed E-state index contributed by atoms with van der Waals surface area (Å²) in [5.74, 6) is 0.338. The van der Waals surface area contributed by atoms with Crippen molar-refractivity contribution in [2.75, 3.05) is 24.2 Å². The highest BCUT2D eigenvalue weighted by Gasteiger charge is 2.16. The van der Waals surface area contributed by atoms with Crippen LogP contribution in [-0.2, 0) is 9.53 Å². The summed E-state index contributed by atoms with van der Waals surface area (Å²) in [5, 5.41) is 15.2. The molecule has 1 aliphatic heterocycles. The first-order valence-electron chi connectivity index (χ1n) is 8.29. The molecule has 2 heterocycles. The standard InChI is InChI=1S/C17H22N4O2S2/c1-11-5-3-7-14(12(11)2)19-16-20-21-17(25-16)24-10-15(22)18-9-13-6-4-8-23-13/h3,5,7,13H,4,6,8-10H2,1-2H3,(H,18,22)(H,19,20)/t13-/m0/s1. The monoisotopic (exact) mass is 378 g/mol. The molecule has 2 N–H and O–H groups in total. The van der Waals surface area contributed by atoms with Gasteiger partial charge in [-0.3, -0.25) is 4.79 Å². The first-order valence-corrected chi connectivity index (χ1v) is 10.1. The van der Waals surface area contributed by atoms with Crippen molar-refractivity contribution in [3.8, 4) is 0 Å². The van der Waals surface area contributed by atoms with E-state index in [1.165, 1.54) is 34.2 Å². The molecule has 1 aliphatic rings. The molecule has 1 atom stereocenters. The number of aryl methyl sites for hydroxylation is 1. The van der Waals surface area contributed by atoms with E-state index in [0.29, 0.717) is 12.3 Å². The SMILES string of the molecule is Cc1cccc(Nc2nnc(SCC(=O)NC[C@@H]3CCCO3)s2)c1C. The second-order valence-corrected chi connectivity index (χ2v) is 8.17. The minimum atomic E-state index is -0.000243. The Hall–Kier alpha value is -1.64. The molecule has 1 saturated heterocycles. The fraction of sp³-hybridized carbons (Fsp3) is 0.471. The number of benzene rings is 1. The van der Waals surface area contributed by atoms with E-state index >= 15 is 0 Å². The zero-order valence-corrected chi connectivity index (χ0v) is 16.0. The molecule has 134 valence electrons. The summed E-state index contributed by atoms with van der Waals surface area (Å²) in [6, 6.07) is 6.12. The summed E-state index contributed by atoms with van der Waals surface area (Å²) in [5.41, 5.74) is 3.45. The third-order valence-electron chi connectivity index (χ3n) is 4.13. The topological polar surface area (TPSA) is 76.1 Å². The molecule has 8 heteroatoms. The van der Waals surface area contributed by atoms with Crippen LogP contribution in [0.5, 0.6) is 0 Å². The van der Waals surface area contributed by atoms with Gasteiger partial charge in [0.25, 0.3) is 0 Å². The summed E-state index contributed by atoms with van der Waals surface area (Å²) in [6.07, 6.45) is 2.27. The number of nitrogens with zero attached hydrogens (tertiary/aromatic N) is 2. The van der Waals surface area contributed by atoms with E-state index in [1.807, 2.05) is 12.1 Å². The highest BCUT2D eigenvalue weighted by molar-refractivity contribution is 8.01. The van der Waals surface area contributed by atoms with Crippen LogP contribution in [-0.4, -0.2) is 41.1 Å². The molecule has 1 aromatic carbocycles. The molecule has 0 saturated carbocycles. The maximum absolute atomic E-state index is 11.9. The predicted octanol–water partition coefficient (Wildman–Crippen LogP) is 3.29. The normalized spacial score (nSPS) is 16.8. The molecule has 1 fully saturated rings. The van der Waals surface area contributed by atoms with E-state index < -0.39 is 0 Å². The number of nitrogens with one attached hydrogen (secondary N) is 2. The van der Waals surface area contributed by atoms with E-state index in [9.17, 15) is 4.79 Å². The lowest BCUT2D eigenvalue weighted by molar-refractivity contribution is -0.119. The Morgan fingerprint density at radius 3 is 3.08 bits per heavy atom. The van der Waals surface area contributed by atoms with Crippen molar-refractivity contribution >= 4 is 39.8 Å². The Labute approximate surface area is 155 Å². The van der Waals surface area contributed by atoms with Gasteiger partial charge < -0.3 is 15.4 Å². The zero-order valence-electron chi connectivity index (χ0n) is 14.4. The number of thioether (sulfide) groups is 1. The molecule has 6 nitrogen and oxygen atoms in total. The molecule has 0 radical (unpaired) electrons. The highest BCUT2D eigenvalue weighted by atomic mass is 32.2. The van der Waals surface area contributed by atoms with Crippen molar-refractivity contribution in [1.29, 1.82) is 0 Å². The number of carbonyl (C=O) groups is 1. The first kappa shape index (κ1) is 18.2. The van der Waals surface area contributed by atoms with Crippen LogP contribution >= 0.6 is 23.1 Å². The third-order valence-corrected chi connectivity index (χ3v) is 6.10. The van der Waals surface area contributed by atoms with Gasteiger partial charge >= 0.3 is 0 Å². The fourth-order valence-corrected chi connectivity index (χ4v) is 4.13. The number of ether oxygens (including phenoxy) is 1. The average molecular weight is 379 g/mol. The third kappa shape index (κ3) is 5.17. The molecular formula is C17H22N4O2S2. The van der Waals surface area contributed by atoms with Crippen molar-refractivity contribution in [2.45, 2.75) is 37.1 Å². The number of carbonyl (C=O) groups excluding carboxylic acids is 1. The number of hydrogen-bond acceptors (Lipinski definition) is 7. The molecule has 3 rings (SSSR count). The highest BCUT2D eigenvalue weighted by Crippen LogP contribution is 2.29. The Morgan fingerprint density at radius 1 is 1.40 bits per heavy atom. The lowest BCUT2D eigenvalue weighted by Gasteiger charge is -2.10. The van der Waals surface area contributed by atoms with Gasteiger partial charge in [-0.25, -0.2) is 0 Å². The summed E-state index contributed by atoms with van der Waals surface area (Å²) < 4.78 is 6.27. The number of aromatic nitrogens is 2. The fourth-order valence-electron chi connectivity index (χ4n) is 2.53. The summed E-state index contributed by atoms with van der Waals surface area (Å²) in [4.78, 5) is 11.9. The molecular weight excluding hydrogens is 356 g/mol. The van der Waals surface area contributed by atoms with Crippen LogP contribution in [0.4, 0.5) is 10.8 Å². The van der Waals surface area contributed by atoms with Crippen LogP contribution in [0.1, 0.15) is 24.0 Å². The van der Waals surface area contributed by atoms with Crippen LogP contribution in [0, 0.1) is 13.8 Å². The lowest BCUT2D eigenvalue weighted by atomic mass is 10.1. The average Bonchev–Trinajstić information content (AvgIpc) is 3.27. The van der Waals surface area contributed by atoms with Gasteiger partial charge in [0.2, 0.25) is 11.0 Å².